The Morgan fingerprint density at radius 3 is 2.81 bits per heavy atom. The molecule has 2 aromatic heterocycles. The molecule has 2 unspecified atom stereocenters. The monoisotopic (exact) mass is 290 g/mol. The Hall–Kier alpha value is -1.46. The normalized spacial score (nSPS) is 16.1. The molecular formula is C16H26N4O. The molecule has 0 radical (unpaired) electrons. The summed E-state index contributed by atoms with van der Waals surface area (Å²) in [6.07, 6.45) is 3.67. The van der Waals surface area contributed by atoms with Crippen LogP contribution in [0.1, 0.15) is 56.6 Å². The molecule has 5 nitrogen and oxygen atoms in total. The minimum atomic E-state index is -0.670. The molecule has 0 saturated heterocycles. The minimum Gasteiger partial charge on any atom is -0.389 e. The van der Waals surface area contributed by atoms with Crippen molar-refractivity contribution in [1.29, 1.82) is 0 Å². The predicted octanol–water partition coefficient (Wildman–Crippen LogP) is 2.55. The first-order valence-corrected chi connectivity index (χ1v) is 7.61. The number of aromatic nitrogens is 3. The molecule has 0 bridgehead atoms. The molecule has 0 aromatic carbocycles. The largest absolute Gasteiger partial charge is 0.389 e. The quantitative estimate of drug-likeness (QED) is 0.858. The Morgan fingerprint density at radius 1 is 1.43 bits per heavy atom. The van der Waals surface area contributed by atoms with Crippen LogP contribution in [0.4, 0.5) is 0 Å². The van der Waals surface area contributed by atoms with Gasteiger partial charge in [-0.2, -0.15) is 5.10 Å². The third-order valence-corrected chi connectivity index (χ3v) is 3.93. The predicted molar refractivity (Wildman–Crippen MR) is 84.4 cm³/mol. The van der Waals surface area contributed by atoms with E-state index in [0.717, 1.165) is 35.4 Å². The van der Waals surface area contributed by atoms with Crippen molar-refractivity contribution >= 4 is 5.65 Å². The van der Waals surface area contributed by atoms with Gasteiger partial charge in [-0.1, -0.05) is 13.3 Å². The zero-order valence-electron chi connectivity index (χ0n) is 13.6. The number of nitrogens with one attached hydrogen (secondary N) is 1. The van der Waals surface area contributed by atoms with Crippen LogP contribution in [0.3, 0.4) is 0 Å². The minimum absolute atomic E-state index is 0.120. The topological polar surface area (TPSA) is 62.5 Å². The first-order chi connectivity index (χ1) is 9.84. The van der Waals surface area contributed by atoms with Crippen LogP contribution in [0.25, 0.3) is 5.65 Å². The average Bonchev–Trinajstić information content (AvgIpc) is 2.78. The fourth-order valence-electron chi connectivity index (χ4n) is 2.71. The Labute approximate surface area is 126 Å². The summed E-state index contributed by atoms with van der Waals surface area (Å²) in [5, 5.41) is 18.1. The van der Waals surface area contributed by atoms with Crippen LogP contribution in [-0.4, -0.2) is 31.9 Å². The van der Waals surface area contributed by atoms with Gasteiger partial charge in [0.2, 0.25) is 0 Å². The van der Waals surface area contributed by atoms with Gasteiger partial charge in [0.05, 0.1) is 11.3 Å². The number of aryl methyl sites for hydroxylation is 2. The van der Waals surface area contributed by atoms with Crippen molar-refractivity contribution in [2.45, 2.75) is 59.1 Å². The SMILES string of the molecule is CCCC(C)(O)CNC(C)c1cnc2cc(C)nn2c1C. The van der Waals surface area contributed by atoms with Crippen LogP contribution < -0.4 is 5.32 Å². The summed E-state index contributed by atoms with van der Waals surface area (Å²) in [7, 11) is 0. The highest BCUT2D eigenvalue weighted by Crippen LogP contribution is 2.19. The molecule has 0 aliphatic carbocycles. The van der Waals surface area contributed by atoms with Gasteiger partial charge in [0.25, 0.3) is 0 Å². The highest BCUT2D eigenvalue weighted by molar-refractivity contribution is 5.42. The van der Waals surface area contributed by atoms with E-state index >= 15 is 0 Å². The molecule has 2 rings (SSSR count). The maximum absolute atomic E-state index is 10.3. The average molecular weight is 290 g/mol. The molecule has 0 aliphatic rings. The lowest BCUT2D eigenvalue weighted by Gasteiger charge is -2.26. The third kappa shape index (κ3) is 3.60. The van der Waals surface area contributed by atoms with Crippen LogP contribution in [-0.2, 0) is 0 Å². The van der Waals surface area contributed by atoms with Gasteiger partial charge in [0.1, 0.15) is 0 Å². The van der Waals surface area contributed by atoms with E-state index in [1.165, 1.54) is 0 Å². The smallest absolute Gasteiger partial charge is 0.155 e. The Bertz CT molecular complexity index is 618. The zero-order valence-corrected chi connectivity index (χ0v) is 13.6. The van der Waals surface area contributed by atoms with Gasteiger partial charge in [-0.3, -0.25) is 0 Å². The van der Waals surface area contributed by atoms with Crippen molar-refractivity contribution < 1.29 is 5.11 Å². The van der Waals surface area contributed by atoms with Crippen LogP contribution in [0.5, 0.6) is 0 Å². The van der Waals surface area contributed by atoms with E-state index in [0.29, 0.717) is 6.54 Å². The molecule has 2 aromatic rings. The summed E-state index contributed by atoms with van der Waals surface area (Å²) in [4.78, 5) is 4.46. The van der Waals surface area contributed by atoms with Crippen LogP contribution in [0, 0.1) is 13.8 Å². The molecule has 0 spiro atoms. The number of hydrogen-bond acceptors (Lipinski definition) is 4. The molecule has 0 saturated carbocycles. The zero-order chi connectivity index (χ0) is 15.6. The van der Waals surface area contributed by atoms with E-state index in [1.807, 2.05) is 30.6 Å². The van der Waals surface area contributed by atoms with E-state index in [2.05, 4.69) is 36.2 Å². The van der Waals surface area contributed by atoms with Gasteiger partial charge in [-0.25, -0.2) is 9.50 Å². The fraction of sp³-hybridized carbons (Fsp3) is 0.625. The Kier molecular flexibility index (Phi) is 4.64. The van der Waals surface area contributed by atoms with Gasteiger partial charge in [-0.15, -0.1) is 0 Å². The maximum Gasteiger partial charge on any atom is 0.155 e. The van der Waals surface area contributed by atoms with Crippen LogP contribution in [0.2, 0.25) is 0 Å². The summed E-state index contributed by atoms with van der Waals surface area (Å²) in [5.74, 6) is 0. The third-order valence-electron chi connectivity index (χ3n) is 3.93. The van der Waals surface area contributed by atoms with Crippen molar-refractivity contribution in [1.82, 2.24) is 19.9 Å². The summed E-state index contributed by atoms with van der Waals surface area (Å²) in [6, 6.07) is 2.09. The number of rotatable bonds is 6. The Morgan fingerprint density at radius 2 is 2.14 bits per heavy atom. The highest BCUT2D eigenvalue weighted by atomic mass is 16.3. The van der Waals surface area contributed by atoms with E-state index in [9.17, 15) is 5.11 Å². The summed E-state index contributed by atoms with van der Waals surface area (Å²) < 4.78 is 1.88. The van der Waals surface area contributed by atoms with Gasteiger partial charge in [0, 0.05) is 36.1 Å². The summed E-state index contributed by atoms with van der Waals surface area (Å²) in [6.45, 7) is 10.6. The van der Waals surface area contributed by atoms with Gasteiger partial charge in [-0.05, 0) is 34.1 Å². The molecule has 0 fully saturated rings. The van der Waals surface area contributed by atoms with E-state index in [1.54, 1.807) is 0 Å². The lowest BCUT2D eigenvalue weighted by molar-refractivity contribution is 0.0476. The summed E-state index contributed by atoms with van der Waals surface area (Å²) >= 11 is 0. The first kappa shape index (κ1) is 15.9. The maximum atomic E-state index is 10.3. The number of nitrogens with zero attached hydrogens (tertiary/aromatic N) is 3. The molecule has 21 heavy (non-hydrogen) atoms. The van der Waals surface area contributed by atoms with E-state index in [4.69, 9.17) is 0 Å². The first-order valence-electron chi connectivity index (χ1n) is 7.61. The molecule has 0 amide bonds. The second kappa shape index (κ2) is 6.12. The molecule has 2 atom stereocenters. The van der Waals surface area contributed by atoms with Crippen molar-refractivity contribution in [2.75, 3.05) is 6.54 Å². The van der Waals surface area contributed by atoms with Gasteiger partial charge in [0.15, 0.2) is 5.65 Å². The number of fused-ring (bicyclic) bond motifs is 1. The van der Waals surface area contributed by atoms with Crippen molar-refractivity contribution in [3.63, 3.8) is 0 Å². The van der Waals surface area contributed by atoms with Crippen molar-refractivity contribution in [2.24, 2.45) is 0 Å². The van der Waals surface area contributed by atoms with Gasteiger partial charge >= 0.3 is 0 Å². The molecule has 0 aliphatic heterocycles. The fourth-order valence-corrected chi connectivity index (χ4v) is 2.71. The van der Waals surface area contributed by atoms with Crippen molar-refractivity contribution in [3.8, 4) is 0 Å². The van der Waals surface area contributed by atoms with E-state index < -0.39 is 5.60 Å². The molecule has 2 N–H and O–H groups in total. The van der Waals surface area contributed by atoms with Crippen LogP contribution in [0.15, 0.2) is 12.3 Å². The lowest BCUT2D eigenvalue weighted by atomic mass is 9.99. The molecule has 116 valence electrons. The highest BCUT2D eigenvalue weighted by Gasteiger charge is 2.21. The van der Waals surface area contributed by atoms with E-state index in [-0.39, 0.29) is 6.04 Å². The molecule has 2 heterocycles. The lowest BCUT2D eigenvalue weighted by Crippen LogP contribution is -2.39. The van der Waals surface area contributed by atoms with Gasteiger partial charge < -0.3 is 10.4 Å². The number of hydrogen-bond donors (Lipinski definition) is 2. The second-order valence-electron chi connectivity index (χ2n) is 6.20. The number of aliphatic hydroxyl groups is 1. The summed E-state index contributed by atoms with van der Waals surface area (Å²) in [5.41, 5.74) is 3.37. The Balaban J connectivity index is 2.16. The van der Waals surface area contributed by atoms with Crippen molar-refractivity contribution in [3.05, 3.63) is 29.2 Å². The molecular weight excluding hydrogens is 264 g/mol. The second-order valence-corrected chi connectivity index (χ2v) is 6.20. The van der Waals surface area contributed by atoms with Crippen LogP contribution >= 0.6 is 0 Å². The standard InChI is InChI=1S/C16H26N4O/c1-6-7-16(5,21)10-18-12(3)14-9-17-15-8-11(2)19-20(15)13(14)4/h8-9,12,18,21H,6-7,10H2,1-5H3. The molecule has 5 heteroatoms.